The summed E-state index contributed by atoms with van der Waals surface area (Å²) in [7, 11) is 0. The van der Waals surface area contributed by atoms with Crippen molar-refractivity contribution in [3.8, 4) is 6.07 Å². The Bertz CT molecular complexity index is 802. The van der Waals surface area contributed by atoms with Crippen LogP contribution in [0.25, 0.3) is 0 Å². The van der Waals surface area contributed by atoms with Gasteiger partial charge in [-0.15, -0.1) is 0 Å². The summed E-state index contributed by atoms with van der Waals surface area (Å²) in [6.45, 7) is 7.69. The van der Waals surface area contributed by atoms with Crippen LogP contribution in [-0.4, -0.2) is 48.4 Å². The summed E-state index contributed by atoms with van der Waals surface area (Å²) in [6, 6.07) is 18.0. The van der Waals surface area contributed by atoms with E-state index in [9.17, 15) is 4.79 Å². The number of carbonyl (C=O) groups is 1. The van der Waals surface area contributed by atoms with Gasteiger partial charge in [0, 0.05) is 39.3 Å². The lowest BCUT2D eigenvalue weighted by Crippen LogP contribution is -2.49. The smallest absolute Gasteiger partial charge is 0.234 e. The predicted molar refractivity (Wildman–Crippen MR) is 106 cm³/mol. The van der Waals surface area contributed by atoms with Gasteiger partial charge in [0.2, 0.25) is 5.91 Å². The minimum atomic E-state index is 0.0822. The van der Waals surface area contributed by atoms with Crippen molar-refractivity contribution < 1.29 is 4.79 Å². The van der Waals surface area contributed by atoms with Gasteiger partial charge in [-0.3, -0.25) is 14.6 Å². The highest BCUT2D eigenvalue weighted by atomic mass is 16.2. The molecule has 0 aliphatic carbocycles. The molecule has 0 spiro atoms. The van der Waals surface area contributed by atoms with Gasteiger partial charge in [-0.25, -0.2) is 0 Å². The lowest BCUT2D eigenvalue weighted by molar-refractivity contribution is -0.122. The van der Waals surface area contributed by atoms with Gasteiger partial charge in [0.15, 0.2) is 0 Å². The highest BCUT2D eigenvalue weighted by Gasteiger charge is 2.19. The molecule has 2 aromatic rings. The van der Waals surface area contributed by atoms with Gasteiger partial charge >= 0.3 is 0 Å². The van der Waals surface area contributed by atoms with Crippen molar-refractivity contribution in [3.63, 3.8) is 0 Å². The van der Waals surface area contributed by atoms with Gasteiger partial charge < -0.3 is 5.32 Å². The van der Waals surface area contributed by atoms with Gasteiger partial charge in [0.05, 0.1) is 18.2 Å². The molecule has 0 saturated carbocycles. The molecule has 1 saturated heterocycles. The normalized spacial score (nSPS) is 15.3. The fraction of sp³-hybridized carbons (Fsp3) is 0.364. The summed E-state index contributed by atoms with van der Waals surface area (Å²) in [4.78, 5) is 16.8. The standard InChI is InChI=1S/C22H26N4O/c1-18-4-2-3-5-21(18)15-24-22(27)17-26-12-10-25(11-13-26)16-20-8-6-19(14-23)7-9-20/h2-9H,10-13,15-17H2,1H3,(H,24,27). The first-order valence-corrected chi connectivity index (χ1v) is 9.39. The van der Waals surface area contributed by atoms with Gasteiger partial charge in [-0.05, 0) is 35.7 Å². The Balaban J connectivity index is 1.39. The zero-order valence-corrected chi connectivity index (χ0v) is 15.8. The number of nitriles is 1. The molecule has 0 bridgehead atoms. The number of hydrogen-bond donors (Lipinski definition) is 1. The van der Waals surface area contributed by atoms with E-state index in [-0.39, 0.29) is 5.91 Å². The quantitative estimate of drug-likeness (QED) is 0.857. The highest BCUT2D eigenvalue weighted by Crippen LogP contribution is 2.10. The van der Waals surface area contributed by atoms with E-state index in [1.807, 2.05) is 36.4 Å². The molecule has 3 rings (SSSR count). The monoisotopic (exact) mass is 362 g/mol. The first-order valence-electron chi connectivity index (χ1n) is 9.39. The Kier molecular flexibility index (Phi) is 6.59. The van der Waals surface area contributed by atoms with E-state index in [1.165, 1.54) is 11.1 Å². The van der Waals surface area contributed by atoms with E-state index in [4.69, 9.17) is 5.26 Å². The maximum absolute atomic E-state index is 12.2. The number of aryl methyl sites for hydroxylation is 1. The van der Waals surface area contributed by atoms with Crippen LogP contribution in [0.2, 0.25) is 0 Å². The van der Waals surface area contributed by atoms with E-state index in [0.29, 0.717) is 18.7 Å². The number of benzene rings is 2. The highest BCUT2D eigenvalue weighted by molar-refractivity contribution is 5.78. The molecule has 2 aromatic carbocycles. The van der Waals surface area contributed by atoms with Crippen LogP contribution in [0.5, 0.6) is 0 Å². The molecule has 0 unspecified atom stereocenters. The van der Waals surface area contributed by atoms with E-state index in [0.717, 1.165) is 38.3 Å². The first kappa shape index (κ1) is 19.1. The number of hydrogen-bond acceptors (Lipinski definition) is 4. The van der Waals surface area contributed by atoms with Gasteiger partial charge in [0.1, 0.15) is 0 Å². The summed E-state index contributed by atoms with van der Waals surface area (Å²) in [5, 5.41) is 11.9. The Morgan fingerprint density at radius 1 is 1.04 bits per heavy atom. The van der Waals surface area contributed by atoms with E-state index < -0.39 is 0 Å². The second kappa shape index (κ2) is 9.31. The van der Waals surface area contributed by atoms with Crippen molar-refractivity contribution in [1.29, 1.82) is 5.26 Å². The topological polar surface area (TPSA) is 59.4 Å². The van der Waals surface area contributed by atoms with Crippen LogP contribution in [-0.2, 0) is 17.9 Å². The van der Waals surface area contributed by atoms with Gasteiger partial charge in [0.25, 0.3) is 0 Å². The fourth-order valence-corrected chi connectivity index (χ4v) is 3.31. The SMILES string of the molecule is Cc1ccccc1CNC(=O)CN1CCN(Cc2ccc(C#N)cc2)CC1. The third-order valence-electron chi connectivity index (χ3n) is 5.06. The molecule has 1 fully saturated rings. The molecule has 1 heterocycles. The van der Waals surface area contributed by atoms with Crippen molar-refractivity contribution in [2.75, 3.05) is 32.7 Å². The second-order valence-corrected chi connectivity index (χ2v) is 7.06. The summed E-state index contributed by atoms with van der Waals surface area (Å²) >= 11 is 0. The van der Waals surface area contributed by atoms with E-state index in [1.54, 1.807) is 0 Å². The minimum Gasteiger partial charge on any atom is -0.351 e. The van der Waals surface area contributed by atoms with Crippen LogP contribution in [0.4, 0.5) is 0 Å². The van der Waals surface area contributed by atoms with Crippen LogP contribution < -0.4 is 5.32 Å². The Labute approximate surface area is 161 Å². The Morgan fingerprint density at radius 2 is 1.70 bits per heavy atom. The Morgan fingerprint density at radius 3 is 2.37 bits per heavy atom. The van der Waals surface area contributed by atoms with Crippen molar-refractivity contribution in [2.24, 2.45) is 0 Å². The molecule has 0 radical (unpaired) electrons. The van der Waals surface area contributed by atoms with Crippen LogP contribution >= 0.6 is 0 Å². The number of nitrogens with one attached hydrogen (secondary N) is 1. The number of rotatable bonds is 6. The third-order valence-corrected chi connectivity index (χ3v) is 5.06. The van der Waals surface area contributed by atoms with Crippen molar-refractivity contribution in [2.45, 2.75) is 20.0 Å². The molecule has 1 N–H and O–H groups in total. The number of carbonyl (C=O) groups excluding carboxylic acids is 1. The van der Waals surface area contributed by atoms with Crippen molar-refractivity contribution in [3.05, 3.63) is 70.8 Å². The maximum Gasteiger partial charge on any atom is 0.234 e. The molecule has 0 atom stereocenters. The summed E-state index contributed by atoms with van der Waals surface area (Å²) in [5.41, 5.74) is 4.28. The number of nitrogens with zero attached hydrogens (tertiary/aromatic N) is 3. The van der Waals surface area contributed by atoms with Crippen LogP contribution in [0.1, 0.15) is 22.3 Å². The molecule has 27 heavy (non-hydrogen) atoms. The molecule has 1 aliphatic heterocycles. The summed E-state index contributed by atoms with van der Waals surface area (Å²) < 4.78 is 0. The second-order valence-electron chi connectivity index (χ2n) is 7.06. The largest absolute Gasteiger partial charge is 0.351 e. The van der Waals surface area contributed by atoms with Crippen molar-refractivity contribution in [1.82, 2.24) is 15.1 Å². The maximum atomic E-state index is 12.2. The molecular weight excluding hydrogens is 336 g/mol. The van der Waals surface area contributed by atoms with Crippen molar-refractivity contribution >= 4 is 5.91 Å². The number of piperazine rings is 1. The first-order chi connectivity index (χ1) is 13.1. The molecule has 140 valence electrons. The summed E-state index contributed by atoms with van der Waals surface area (Å²) in [6.07, 6.45) is 0. The third kappa shape index (κ3) is 5.65. The fourth-order valence-electron chi connectivity index (χ4n) is 3.31. The molecule has 1 amide bonds. The minimum absolute atomic E-state index is 0.0822. The zero-order valence-electron chi connectivity index (χ0n) is 15.8. The van der Waals surface area contributed by atoms with Crippen LogP contribution in [0.3, 0.4) is 0 Å². The lowest BCUT2D eigenvalue weighted by Gasteiger charge is -2.34. The molecule has 1 aliphatic rings. The predicted octanol–water partition coefficient (Wildman–Crippen LogP) is 2.30. The average Bonchev–Trinajstić information content (AvgIpc) is 2.69. The zero-order chi connectivity index (χ0) is 19.1. The molecule has 5 nitrogen and oxygen atoms in total. The number of amides is 1. The average molecular weight is 362 g/mol. The molecule has 5 heteroatoms. The van der Waals surface area contributed by atoms with Gasteiger partial charge in [-0.1, -0.05) is 36.4 Å². The molecular formula is C22H26N4O. The van der Waals surface area contributed by atoms with Gasteiger partial charge in [-0.2, -0.15) is 5.26 Å². The van der Waals surface area contributed by atoms with Crippen LogP contribution in [0.15, 0.2) is 48.5 Å². The van der Waals surface area contributed by atoms with Crippen LogP contribution in [0, 0.1) is 18.3 Å². The lowest BCUT2D eigenvalue weighted by atomic mass is 10.1. The van der Waals surface area contributed by atoms with E-state index >= 15 is 0 Å². The summed E-state index contributed by atoms with van der Waals surface area (Å²) in [5.74, 6) is 0.0822. The Hall–Kier alpha value is -2.68. The molecule has 0 aromatic heterocycles. The van der Waals surface area contributed by atoms with E-state index in [2.05, 4.69) is 40.2 Å².